The molecule has 2 amide bonds. The number of hydrogen-bond acceptors (Lipinski definition) is 6. The minimum absolute atomic E-state index is 0.0109. The molecule has 8 heteroatoms. The van der Waals surface area contributed by atoms with E-state index in [4.69, 9.17) is 9.84 Å². The van der Waals surface area contributed by atoms with Gasteiger partial charge in [-0.2, -0.15) is 5.26 Å². The Bertz CT molecular complexity index is 979. The maximum atomic E-state index is 12.7. The number of fused-ring (bicyclic) bond motifs is 1. The third kappa shape index (κ3) is 4.81. The third-order valence-corrected chi connectivity index (χ3v) is 6.27. The van der Waals surface area contributed by atoms with Crippen LogP contribution >= 0.6 is 11.3 Å². The fourth-order valence-electron chi connectivity index (χ4n) is 3.57. The second-order valence-electron chi connectivity index (χ2n) is 7.20. The number of rotatable bonds is 7. The van der Waals surface area contributed by atoms with Crippen LogP contribution in [0.15, 0.2) is 24.3 Å². The minimum atomic E-state index is -0.530. The summed E-state index contributed by atoms with van der Waals surface area (Å²) in [4.78, 5) is 26.9. The highest BCUT2D eigenvalue weighted by Crippen LogP contribution is 2.37. The molecule has 1 aliphatic heterocycles. The van der Waals surface area contributed by atoms with Gasteiger partial charge >= 0.3 is 0 Å². The van der Waals surface area contributed by atoms with Gasteiger partial charge in [-0.05, 0) is 42.5 Å². The number of aliphatic hydroxyl groups excluding tert-OH is 1. The van der Waals surface area contributed by atoms with Gasteiger partial charge in [0, 0.05) is 17.8 Å². The molecule has 0 radical (unpaired) electrons. The smallest absolute Gasteiger partial charge is 0.248 e. The molecule has 0 saturated heterocycles. The summed E-state index contributed by atoms with van der Waals surface area (Å²) >= 11 is 1.33. The summed E-state index contributed by atoms with van der Waals surface area (Å²) in [6.45, 7) is 4.77. The first-order chi connectivity index (χ1) is 14.5. The number of benzene rings is 1. The average Bonchev–Trinajstić information content (AvgIpc) is 3.09. The topological polar surface area (TPSA) is 103 Å². The fourth-order valence-corrected chi connectivity index (χ4v) is 4.80. The molecule has 2 heterocycles. The Morgan fingerprint density at radius 3 is 2.93 bits per heavy atom. The molecule has 2 N–H and O–H groups in total. The molecule has 30 heavy (non-hydrogen) atoms. The van der Waals surface area contributed by atoms with Gasteiger partial charge in [0.25, 0.3) is 0 Å². The molecule has 3 rings (SSSR count). The standard InChI is InChI=1S/C22H25N3O4S/c1-3-29-16-6-4-5-15(10-16)14(2)9-20(27)24-22-18(11-23)17-7-8-25(21(28)13-26)12-19(17)30-22/h4-6,10,14,26H,3,7-9,12-13H2,1-2H3,(H,24,27)/t14-/m0/s1. The van der Waals surface area contributed by atoms with E-state index in [-0.39, 0.29) is 24.2 Å². The number of hydrogen-bond donors (Lipinski definition) is 2. The maximum absolute atomic E-state index is 12.7. The van der Waals surface area contributed by atoms with Crippen molar-refractivity contribution in [2.45, 2.75) is 39.2 Å². The first-order valence-electron chi connectivity index (χ1n) is 9.92. The van der Waals surface area contributed by atoms with Gasteiger partial charge < -0.3 is 20.1 Å². The zero-order chi connectivity index (χ0) is 21.7. The van der Waals surface area contributed by atoms with E-state index in [0.29, 0.717) is 36.7 Å². The maximum Gasteiger partial charge on any atom is 0.248 e. The van der Waals surface area contributed by atoms with Gasteiger partial charge in [-0.15, -0.1) is 11.3 Å². The number of aliphatic hydroxyl groups is 1. The predicted octanol–water partition coefficient (Wildman–Crippen LogP) is 3.03. The van der Waals surface area contributed by atoms with E-state index in [2.05, 4.69) is 11.4 Å². The molecule has 1 aromatic heterocycles. The molecule has 1 aromatic carbocycles. The van der Waals surface area contributed by atoms with E-state index in [0.717, 1.165) is 21.8 Å². The zero-order valence-corrected chi connectivity index (χ0v) is 17.9. The van der Waals surface area contributed by atoms with Gasteiger partial charge in [0.05, 0.1) is 18.7 Å². The molecule has 1 atom stereocenters. The normalized spacial score (nSPS) is 13.9. The van der Waals surface area contributed by atoms with E-state index in [9.17, 15) is 14.9 Å². The number of anilines is 1. The van der Waals surface area contributed by atoms with Crippen molar-refractivity contribution in [1.29, 1.82) is 5.26 Å². The first-order valence-corrected chi connectivity index (χ1v) is 10.7. The summed E-state index contributed by atoms with van der Waals surface area (Å²) in [5, 5.41) is 22.1. The number of amides is 2. The van der Waals surface area contributed by atoms with Gasteiger partial charge in [0.2, 0.25) is 11.8 Å². The number of thiophene rings is 1. The Labute approximate surface area is 179 Å². The summed E-state index contributed by atoms with van der Waals surface area (Å²) in [6.07, 6.45) is 0.815. The predicted molar refractivity (Wildman–Crippen MR) is 115 cm³/mol. The van der Waals surface area contributed by atoms with Crippen LogP contribution in [0.2, 0.25) is 0 Å². The number of carbonyl (C=O) groups excluding carboxylic acids is 2. The van der Waals surface area contributed by atoms with Crippen LogP contribution in [-0.2, 0) is 22.6 Å². The molecule has 1 aliphatic rings. The van der Waals surface area contributed by atoms with Crippen molar-refractivity contribution in [2.24, 2.45) is 0 Å². The van der Waals surface area contributed by atoms with Crippen LogP contribution < -0.4 is 10.1 Å². The molecule has 0 saturated carbocycles. The van der Waals surface area contributed by atoms with Crippen LogP contribution in [-0.4, -0.2) is 41.6 Å². The fraction of sp³-hybridized carbons (Fsp3) is 0.409. The molecule has 0 bridgehead atoms. The Kier molecular flexibility index (Phi) is 7.08. The summed E-state index contributed by atoms with van der Waals surface area (Å²) in [7, 11) is 0. The monoisotopic (exact) mass is 427 g/mol. The van der Waals surface area contributed by atoms with Crippen molar-refractivity contribution in [2.75, 3.05) is 25.1 Å². The SMILES string of the molecule is CCOc1cccc([C@@H](C)CC(=O)Nc2sc3c(c2C#N)CCN(C(=O)CO)C3)c1. The van der Waals surface area contributed by atoms with Crippen LogP contribution in [0.25, 0.3) is 0 Å². The van der Waals surface area contributed by atoms with Gasteiger partial charge in [-0.1, -0.05) is 19.1 Å². The average molecular weight is 428 g/mol. The van der Waals surface area contributed by atoms with Gasteiger partial charge in [0.1, 0.15) is 23.4 Å². The van der Waals surface area contributed by atoms with E-state index in [1.165, 1.54) is 11.3 Å². The largest absolute Gasteiger partial charge is 0.494 e. The minimum Gasteiger partial charge on any atom is -0.494 e. The van der Waals surface area contributed by atoms with Crippen LogP contribution in [0.5, 0.6) is 5.75 Å². The van der Waals surface area contributed by atoms with Crippen molar-refractivity contribution in [3.63, 3.8) is 0 Å². The van der Waals surface area contributed by atoms with Gasteiger partial charge in [-0.3, -0.25) is 9.59 Å². The van der Waals surface area contributed by atoms with Crippen LogP contribution in [0.3, 0.4) is 0 Å². The van der Waals surface area contributed by atoms with E-state index >= 15 is 0 Å². The highest BCUT2D eigenvalue weighted by Gasteiger charge is 2.27. The summed E-state index contributed by atoms with van der Waals surface area (Å²) < 4.78 is 5.53. The molecule has 0 spiro atoms. The lowest BCUT2D eigenvalue weighted by Gasteiger charge is -2.26. The van der Waals surface area contributed by atoms with Crippen molar-refractivity contribution < 1.29 is 19.4 Å². The van der Waals surface area contributed by atoms with Gasteiger partial charge in [0.15, 0.2) is 0 Å². The van der Waals surface area contributed by atoms with Crippen molar-refractivity contribution >= 4 is 28.2 Å². The molecule has 158 valence electrons. The number of carbonyl (C=O) groups is 2. The molecule has 0 aliphatic carbocycles. The van der Waals surface area contributed by atoms with Crippen LogP contribution in [0.4, 0.5) is 5.00 Å². The first kappa shape index (κ1) is 21.8. The van der Waals surface area contributed by atoms with Crippen molar-refractivity contribution in [1.82, 2.24) is 4.90 Å². The lowest BCUT2D eigenvalue weighted by Crippen LogP contribution is -2.37. The Balaban J connectivity index is 1.70. The number of ether oxygens (including phenoxy) is 1. The Hall–Kier alpha value is -2.89. The highest BCUT2D eigenvalue weighted by atomic mass is 32.1. The van der Waals surface area contributed by atoms with E-state index in [1.54, 1.807) is 4.90 Å². The van der Waals surface area contributed by atoms with E-state index < -0.39 is 6.61 Å². The number of nitrogens with one attached hydrogen (secondary N) is 1. The molecular weight excluding hydrogens is 402 g/mol. The molecule has 7 nitrogen and oxygen atoms in total. The van der Waals surface area contributed by atoms with Crippen LogP contribution in [0, 0.1) is 11.3 Å². The summed E-state index contributed by atoms with van der Waals surface area (Å²) in [5.74, 6) is 0.272. The molecule has 2 aromatic rings. The zero-order valence-electron chi connectivity index (χ0n) is 17.1. The quantitative estimate of drug-likeness (QED) is 0.707. The van der Waals surface area contributed by atoms with Crippen molar-refractivity contribution in [3.8, 4) is 11.8 Å². The lowest BCUT2D eigenvalue weighted by molar-refractivity contribution is -0.135. The second kappa shape index (κ2) is 9.74. The number of nitriles is 1. The Morgan fingerprint density at radius 2 is 2.23 bits per heavy atom. The second-order valence-corrected chi connectivity index (χ2v) is 8.31. The third-order valence-electron chi connectivity index (χ3n) is 5.14. The van der Waals surface area contributed by atoms with Crippen molar-refractivity contribution in [3.05, 3.63) is 45.8 Å². The van der Waals surface area contributed by atoms with Gasteiger partial charge in [-0.25, -0.2) is 0 Å². The number of nitrogens with zero attached hydrogens (tertiary/aromatic N) is 2. The lowest BCUT2D eigenvalue weighted by atomic mass is 9.97. The molecule has 0 fully saturated rings. The summed E-state index contributed by atoms with van der Waals surface area (Å²) in [5.41, 5.74) is 2.38. The summed E-state index contributed by atoms with van der Waals surface area (Å²) in [6, 6.07) is 9.91. The Morgan fingerprint density at radius 1 is 1.43 bits per heavy atom. The highest BCUT2D eigenvalue weighted by molar-refractivity contribution is 7.16. The molecular formula is C22H25N3O4S. The van der Waals surface area contributed by atoms with Crippen LogP contribution in [0.1, 0.15) is 47.8 Å². The van der Waals surface area contributed by atoms with E-state index in [1.807, 2.05) is 38.1 Å². The molecule has 0 unspecified atom stereocenters.